The molecule has 2 N–H and O–H groups in total. The Morgan fingerprint density at radius 3 is 2.93 bits per heavy atom. The van der Waals surface area contributed by atoms with Crippen LogP contribution >= 0.6 is 11.3 Å². The van der Waals surface area contributed by atoms with Gasteiger partial charge in [0.2, 0.25) is 5.88 Å². The van der Waals surface area contributed by atoms with Crippen LogP contribution < -0.4 is 4.74 Å². The number of fused-ring (bicyclic) bond motifs is 1. The van der Waals surface area contributed by atoms with Crippen LogP contribution in [0.25, 0.3) is 22.2 Å². The predicted octanol–water partition coefficient (Wildman–Crippen LogP) is 1.58. The molecular weight excluding hydrogens is 370 g/mol. The van der Waals surface area contributed by atoms with Crippen LogP contribution in [0.3, 0.4) is 0 Å². The Bertz CT molecular complexity index is 969. The van der Waals surface area contributed by atoms with Gasteiger partial charge in [-0.1, -0.05) is 0 Å². The molecule has 0 amide bonds. The molecule has 3 aromatic heterocycles. The van der Waals surface area contributed by atoms with Crippen LogP contribution in [-0.4, -0.2) is 62.9 Å². The average Bonchev–Trinajstić information content (AvgIpc) is 3.35. The van der Waals surface area contributed by atoms with Gasteiger partial charge in [0.25, 0.3) is 0 Å². The van der Waals surface area contributed by atoms with Gasteiger partial charge in [-0.15, -0.1) is 0 Å². The van der Waals surface area contributed by atoms with Crippen molar-refractivity contribution in [2.75, 3.05) is 20.3 Å². The third-order valence-electron chi connectivity index (χ3n) is 5.47. The normalized spacial score (nSPS) is 30.1. The van der Waals surface area contributed by atoms with Crippen LogP contribution in [0.15, 0.2) is 29.4 Å². The lowest BCUT2D eigenvalue weighted by Crippen LogP contribution is -2.56. The number of thiophene rings is 1. The fourth-order valence-electron chi connectivity index (χ4n) is 4.05. The topological polar surface area (TPSA) is 98.9 Å². The summed E-state index contributed by atoms with van der Waals surface area (Å²) >= 11 is 1.60. The third-order valence-corrected chi connectivity index (χ3v) is 6.15. The van der Waals surface area contributed by atoms with Crippen LogP contribution in [0.1, 0.15) is 12.6 Å². The summed E-state index contributed by atoms with van der Waals surface area (Å²) in [7, 11) is 1.57. The summed E-state index contributed by atoms with van der Waals surface area (Å²) in [5, 5.41) is 25.1. The van der Waals surface area contributed by atoms with Crippen LogP contribution in [0.5, 0.6) is 5.88 Å². The summed E-state index contributed by atoms with van der Waals surface area (Å²) in [5.41, 5.74) is 1.69. The van der Waals surface area contributed by atoms with Gasteiger partial charge in [0.1, 0.15) is 29.8 Å². The minimum atomic E-state index is -0.910. The van der Waals surface area contributed by atoms with Gasteiger partial charge < -0.3 is 29.0 Å². The van der Waals surface area contributed by atoms with Crippen LogP contribution in [0.2, 0.25) is 0 Å². The van der Waals surface area contributed by atoms with E-state index >= 15 is 0 Å². The molecule has 3 aromatic rings. The number of aliphatic hydroxyl groups excluding tert-OH is 2. The van der Waals surface area contributed by atoms with E-state index in [-0.39, 0.29) is 6.61 Å². The number of aliphatic hydroxyl groups is 2. The largest absolute Gasteiger partial charge is 0.480 e. The first-order valence-corrected chi connectivity index (χ1v) is 9.64. The molecule has 0 radical (unpaired) electrons. The van der Waals surface area contributed by atoms with E-state index in [2.05, 4.69) is 9.97 Å². The number of hydrogen-bond acceptors (Lipinski definition) is 8. The highest BCUT2D eigenvalue weighted by Crippen LogP contribution is 2.50. The molecule has 0 saturated carbocycles. The molecule has 4 atom stereocenters. The molecule has 5 heterocycles. The number of ether oxygens (including phenoxy) is 3. The van der Waals surface area contributed by atoms with Gasteiger partial charge in [-0.05, 0) is 22.4 Å². The second kappa shape index (κ2) is 6.25. The zero-order valence-corrected chi connectivity index (χ0v) is 15.4. The van der Waals surface area contributed by atoms with Gasteiger partial charge in [-0.3, -0.25) is 0 Å². The smallest absolute Gasteiger partial charge is 0.226 e. The molecule has 2 aliphatic rings. The number of methoxy groups -OCH3 is 1. The highest BCUT2D eigenvalue weighted by Gasteiger charge is 2.61. The van der Waals surface area contributed by atoms with Gasteiger partial charge in [-0.25, -0.2) is 9.97 Å². The van der Waals surface area contributed by atoms with Gasteiger partial charge >= 0.3 is 0 Å². The lowest BCUT2D eigenvalue weighted by atomic mass is 9.86. The summed E-state index contributed by atoms with van der Waals surface area (Å²) < 4.78 is 19.2. The first-order valence-electron chi connectivity index (χ1n) is 8.70. The number of hydrogen-bond donors (Lipinski definition) is 2. The molecule has 2 fully saturated rings. The molecule has 2 aliphatic heterocycles. The zero-order valence-electron chi connectivity index (χ0n) is 14.6. The lowest BCUT2D eigenvalue weighted by Gasteiger charge is -2.44. The summed E-state index contributed by atoms with van der Waals surface area (Å²) in [6.45, 7) is 0.266. The van der Waals surface area contributed by atoms with Gasteiger partial charge in [0.05, 0.1) is 25.7 Å². The minimum absolute atomic E-state index is 0.280. The fraction of sp³-hybridized carbons (Fsp3) is 0.444. The van der Waals surface area contributed by atoms with Crippen LogP contribution in [0.4, 0.5) is 0 Å². The molecule has 0 aromatic carbocycles. The Morgan fingerprint density at radius 1 is 1.44 bits per heavy atom. The fourth-order valence-corrected chi connectivity index (χ4v) is 4.71. The van der Waals surface area contributed by atoms with Crippen molar-refractivity contribution in [3.05, 3.63) is 29.4 Å². The van der Waals surface area contributed by atoms with Crippen molar-refractivity contribution >= 4 is 22.4 Å². The Balaban J connectivity index is 1.73. The molecule has 8 nitrogen and oxygen atoms in total. The van der Waals surface area contributed by atoms with Crippen molar-refractivity contribution in [1.82, 2.24) is 14.5 Å². The van der Waals surface area contributed by atoms with Crippen molar-refractivity contribution in [1.29, 1.82) is 0 Å². The second-order valence-electron chi connectivity index (χ2n) is 6.75. The van der Waals surface area contributed by atoms with E-state index in [9.17, 15) is 10.2 Å². The van der Waals surface area contributed by atoms with E-state index in [1.54, 1.807) is 18.4 Å². The standard InChI is InChI=1S/C18H19N3O5S/c1-24-16-13-11(10-2-5-27-8-10)6-21(15(13)19-9-20-16)17-18(3-4-25-18)14(23)12(7-22)26-17/h2,5-6,8-9,12,14,17,22-23H,3-4,7H2,1H3/t12-,14-,17-,18-/m1/s1. The Morgan fingerprint density at radius 2 is 2.30 bits per heavy atom. The quantitative estimate of drug-likeness (QED) is 0.699. The minimum Gasteiger partial charge on any atom is -0.480 e. The SMILES string of the molecule is COc1ncnc2c1c(-c1ccsc1)cn2[C@@H]1O[C@H](CO)[C@@H](O)[C@]12CCO2. The van der Waals surface area contributed by atoms with Crippen molar-refractivity contribution in [3.63, 3.8) is 0 Å². The molecule has 27 heavy (non-hydrogen) atoms. The molecule has 2 saturated heterocycles. The Hall–Kier alpha value is -2.04. The zero-order chi connectivity index (χ0) is 18.6. The summed E-state index contributed by atoms with van der Waals surface area (Å²) in [4.78, 5) is 8.71. The summed E-state index contributed by atoms with van der Waals surface area (Å²) in [5.74, 6) is 0.473. The van der Waals surface area contributed by atoms with Crippen molar-refractivity contribution < 1.29 is 24.4 Å². The molecule has 1 spiro atoms. The lowest BCUT2D eigenvalue weighted by molar-refractivity contribution is -0.225. The second-order valence-corrected chi connectivity index (χ2v) is 7.53. The molecule has 9 heteroatoms. The highest BCUT2D eigenvalue weighted by atomic mass is 32.1. The molecular formula is C18H19N3O5S. The molecule has 0 unspecified atom stereocenters. The van der Waals surface area contributed by atoms with Crippen molar-refractivity contribution in [2.45, 2.75) is 30.5 Å². The first kappa shape index (κ1) is 17.1. The maximum Gasteiger partial charge on any atom is 0.226 e. The molecule has 0 bridgehead atoms. The van der Waals surface area contributed by atoms with Gasteiger partial charge in [0.15, 0.2) is 6.23 Å². The number of rotatable bonds is 4. The number of nitrogens with zero attached hydrogens (tertiary/aromatic N) is 3. The first-order chi connectivity index (χ1) is 13.2. The van der Waals surface area contributed by atoms with Crippen molar-refractivity contribution in [2.24, 2.45) is 0 Å². The Labute approximate surface area is 159 Å². The van der Waals surface area contributed by atoms with E-state index < -0.39 is 24.0 Å². The van der Waals surface area contributed by atoms with Crippen LogP contribution in [-0.2, 0) is 9.47 Å². The molecule has 5 rings (SSSR count). The van der Waals surface area contributed by atoms with Crippen molar-refractivity contribution in [3.8, 4) is 17.0 Å². The van der Waals surface area contributed by atoms with E-state index in [1.807, 2.05) is 27.6 Å². The maximum absolute atomic E-state index is 10.7. The van der Waals surface area contributed by atoms with Gasteiger partial charge in [-0.2, -0.15) is 11.3 Å². The van der Waals surface area contributed by atoms with E-state index in [4.69, 9.17) is 14.2 Å². The van der Waals surface area contributed by atoms with Crippen LogP contribution in [0, 0.1) is 0 Å². The third kappa shape index (κ3) is 2.29. The maximum atomic E-state index is 10.7. The Kier molecular flexibility index (Phi) is 3.95. The molecule has 142 valence electrons. The summed E-state index contributed by atoms with van der Waals surface area (Å²) in [6, 6.07) is 2.02. The predicted molar refractivity (Wildman–Crippen MR) is 97.7 cm³/mol. The van der Waals surface area contributed by atoms with E-state index in [1.165, 1.54) is 6.33 Å². The monoisotopic (exact) mass is 389 g/mol. The molecule has 0 aliphatic carbocycles. The average molecular weight is 389 g/mol. The van der Waals surface area contributed by atoms with E-state index in [0.717, 1.165) is 16.5 Å². The number of aromatic nitrogens is 3. The summed E-state index contributed by atoms with van der Waals surface area (Å²) in [6.07, 6.45) is 1.80. The van der Waals surface area contributed by atoms with E-state index in [0.29, 0.717) is 24.6 Å². The van der Waals surface area contributed by atoms with Gasteiger partial charge in [0, 0.05) is 18.2 Å². The highest BCUT2D eigenvalue weighted by molar-refractivity contribution is 7.08.